The van der Waals surface area contributed by atoms with E-state index in [2.05, 4.69) is 26.0 Å². The van der Waals surface area contributed by atoms with Crippen LogP contribution >= 0.6 is 0 Å². The lowest BCUT2D eigenvalue weighted by molar-refractivity contribution is 0.0947. The molecule has 2 amide bonds. The minimum absolute atomic E-state index is 0.312. The van der Waals surface area contributed by atoms with Crippen molar-refractivity contribution in [3.05, 3.63) is 89.2 Å². The molecule has 3 rings (SSSR count). The Labute approximate surface area is 198 Å². The second-order valence-electron chi connectivity index (χ2n) is 7.83. The average molecular weight is 458 g/mol. The van der Waals surface area contributed by atoms with Crippen LogP contribution in [0.4, 0.5) is 11.4 Å². The maximum Gasteiger partial charge on any atom is 0.271 e. The van der Waals surface area contributed by atoms with Gasteiger partial charge in [-0.15, -0.1) is 0 Å². The van der Waals surface area contributed by atoms with E-state index < -0.39 is 0 Å². The lowest BCUT2D eigenvalue weighted by Crippen LogP contribution is -2.18. The van der Waals surface area contributed by atoms with Crippen molar-refractivity contribution < 1.29 is 9.59 Å². The fourth-order valence-corrected chi connectivity index (χ4v) is 2.90. The van der Waals surface area contributed by atoms with Crippen molar-refractivity contribution in [3.63, 3.8) is 0 Å². The Morgan fingerprint density at radius 1 is 0.706 bits per heavy atom. The number of nitrogens with one attached hydrogen (secondary N) is 2. The number of hydrogen-bond acceptors (Lipinski definition) is 7. The highest BCUT2D eigenvalue weighted by molar-refractivity contribution is 5.96. The van der Waals surface area contributed by atoms with Crippen molar-refractivity contribution in [3.8, 4) is 0 Å². The van der Waals surface area contributed by atoms with Crippen LogP contribution in [-0.2, 0) is 0 Å². The molecule has 0 radical (unpaired) electrons. The topological polar surface area (TPSA) is 102 Å². The molecular weight excluding hydrogens is 430 g/mol. The molecule has 0 bridgehead atoms. The Kier molecular flexibility index (Phi) is 8.07. The number of amides is 2. The van der Waals surface area contributed by atoms with E-state index in [1.54, 1.807) is 42.7 Å². The van der Waals surface area contributed by atoms with Crippen LogP contribution in [0.3, 0.4) is 0 Å². The summed E-state index contributed by atoms with van der Waals surface area (Å²) in [4.78, 5) is 32.5. The quantitative estimate of drug-likeness (QED) is 0.400. The summed E-state index contributed by atoms with van der Waals surface area (Å²) in [6, 6.07) is 16.2. The second kappa shape index (κ2) is 11.4. The maximum absolute atomic E-state index is 12.2. The van der Waals surface area contributed by atoms with Gasteiger partial charge in [-0.25, -0.2) is 10.9 Å². The summed E-state index contributed by atoms with van der Waals surface area (Å²) in [7, 11) is 7.74. The smallest absolute Gasteiger partial charge is 0.271 e. The predicted molar refractivity (Wildman–Crippen MR) is 136 cm³/mol. The number of carbonyl (C=O) groups excluding carboxylic acids is 2. The minimum Gasteiger partial charge on any atom is -0.378 e. The van der Waals surface area contributed by atoms with Crippen LogP contribution in [0.2, 0.25) is 0 Å². The third-order valence-corrected chi connectivity index (χ3v) is 4.83. The first kappa shape index (κ1) is 24.1. The summed E-state index contributed by atoms with van der Waals surface area (Å²) in [6.45, 7) is 0. The van der Waals surface area contributed by atoms with Gasteiger partial charge < -0.3 is 9.80 Å². The summed E-state index contributed by atoms with van der Waals surface area (Å²) < 4.78 is 0. The molecule has 0 fully saturated rings. The van der Waals surface area contributed by atoms with Crippen molar-refractivity contribution in [2.24, 2.45) is 10.2 Å². The van der Waals surface area contributed by atoms with Crippen LogP contribution in [0.5, 0.6) is 0 Å². The Bertz CT molecular complexity index is 1090. The van der Waals surface area contributed by atoms with Gasteiger partial charge in [0.25, 0.3) is 11.8 Å². The molecule has 3 aromatic rings. The van der Waals surface area contributed by atoms with E-state index in [0.717, 1.165) is 11.4 Å². The Morgan fingerprint density at radius 3 is 1.44 bits per heavy atom. The van der Waals surface area contributed by atoms with Gasteiger partial charge in [-0.1, -0.05) is 0 Å². The van der Waals surface area contributed by atoms with Gasteiger partial charge in [-0.2, -0.15) is 10.2 Å². The summed E-state index contributed by atoms with van der Waals surface area (Å²) in [5.41, 5.74) is 9.35. The lowest BCUT2D eigenvalue weighted by Gasteiger charge is -2.12. The maximum atomic E-state index is 12.2. The van der Waals surface area contributed by atoms with Crippen LogP contribution in [-0.4, -0.2) is 57.4 Å². The number of hydrazone groups is 2. The Hall–Kier alpha value is -4.53. The van der Waals surface area contributed by atoms with Crippen LogP contribution in [0, 0.1) is 0 Å². The molecule has 0 saturated carbocycles. The highest BCUT2D eigenvalue weighted by Crippen LogP contribution is 2.13. The minimum atomic E-state index is -0.312. The van der Waals surface area contributed by atoms with Gasteiger partial charge in [0.15, 0.2) is 0 Å². The highest BCUT2D eigenvalue weighted by Gasteiger charge is 2.06. The molecule has 1 heterocycles. The fourth-order valence-electron chi connectivity index (χ4n) is 2.90. The van der Waals surface area contributed by atoms with E-state index >= 15 is 0 Å². The lowest BCUT2D eigenvalue weighted by atomic mass is 10.2. The van der Waals surface area contributed by atoms with Crippen molar-refractivity contribution >= 4 is 35.6 Å². The molecular formula is C25H27N7O2. The predicted octanol–water partition coefficient (Wildman–Crippen LogP) is 2.74. The van der Waals surface area contributed by atoms with Crippen LogP contribution in [0.1, 0.15) is 31.8 Å². The summed E-state index contributed by atoms with van der Waals surface area (Å²) in [6.07, 6.45) is 6.18. The largest absolute Gasteiger partial charge is 0.378 e. The SMILES string of the molecule is CN(C)c1ccc(C(=O)NN=Cc2cncc(C=NNC(=O)c3ccc(N(C)C)cc3)c2)cc1. The third kappa shape index (κ3) is 6.73. The first-order chi connectivity index (χ1) is 16.3. The molecule has 2 aromatic carbocycles. The zero-order valence-corrected chi connectivity index (χ0v) is 19.6. The molecule has 0 spiro atoms. The van der Waals surface area contributed by atoms with E-state index in [1.165, 1.54) is 12.4 Å². The number of nitrogens with zero attached hydrogens (tertiary/aromatic N) is 5. The second-order valence-corrected chi connectivity index (χ2v) is 7.83. The summed E-state index contributed by atoms with van der Waals surface area (Å²) >= 11 is 0. The number of pyridine rings is 1. The highest BCUT2D eigenvalue weighted by atomic mass is 16.2. The van der Waals surface area contributed by atoms with E-state index in [-0.39, 0.29) is 11.8 Å². The van der Waals surface area contributed by atoms with Gasteiger partial charge >= 0.3 is 0 Å². The molecule has 174 valence electrons. The van der Waals surface area contributed by atoms with Gasteiger partial charge in [-0.05, 0) is 54.6 Å². The van der Waals surface area contributed by atoms with Gasteiger partial charge in [-0.3, -0.25) is 14.6 Å². The summed E-state index contributed by atoms with van der Waals surface area (Å²) in [5, 5.41) is 7.98. The Balaban J connectivity index is 1.54. The molecule has 9 nitrogen and oxygen atoms in total. The molecule has 0 unspecified atom stereocenters. The zero-order chi connectivity index (χ0) is 24.5. The molecule has 0 aliphatic heterocycles. The number of rotatable bonds is 8. The number of carbonyl (C=O) groups is 2. The van der Waals surface area contributed by atoms with Crippen molar-refractivity contribution in [2.45, 2.75) is 0 Å². The van der Waals surface area contributed by atoms with E-state index in [9.17, 15) is 9.59 Å². The van der Waals surface area contributed by atoms with Crippen LogP contribution in [0.15, 0.2) is 77.2 Å². The average Bonchev–Trinajstić information content (AvgIpc) is 2.84. The molecule has 0 aliphatic rings. The van der Waals surface area contributed by atoms with E-state index in [4.69, 9.17) is 0 Å². The first-order valence-corrected chi connectivity index (χ1v) is 10.5. The summed E-state index contributed by atoms with van der Waals surface area (Å²) in [5.74, 6) is -0.623. The molecule has 0 atom stereocenters. The number of benzene rings is 2. The van der Waals surface area contributed by atoms with Crippen LogP contribution in [0.25, 0.3) is 0 Å². The number of anilines is 2. The van der Waals surface area contributed by atoms with E-state index in [0.29, 0.717) is 22.3 Å². The molecule has 9 heteroatoms. The molecule has 0 aliphatic carbocycles. The number of hydrogen-bond donors (Lipinski definition) is 2. The fraction of sp³-hybridized carbons (Fsp3) is 0.160. The third-order valence-electron chi connectivity index (χ3n) is 4.83. The van der Waals surface area contributed by atoms with Crippen molar-refractivity contribution in [1.82, 2.24) is 15.8 Å². The number of aromatic nitrogens is 1. The van der Waals surface area contributed by atoms with Gasteiger partial charge in [0.2, 0.25) is 0 Å². The van der Waals surface area contributed by atoms with Crippen molar-refractivity contribution in [2.75, 3.05) is 38.0 Å². The molecule has 1 aromatic heterocycles. The Morgan fingerprint density at radius 2 is 1.09 bits per heavy atom. The normalized spacial score (nSPS) is 10.9. The molecule has 2 N–H and O–H groups in total. The van der Waals surface area contributed by atoms with Crippen LogP contribution < -0.4 is 20.7 Å². The standard InChI is InChI=1S/C25H27N7O2/c1-31(2)22-9-5-20(6-10-22)24(33)29-27-16-18-13-19(15-26-14-18)17-28-30-25(34)21-7-11-23(12-8-21)32(3)4/h5-17H,1-4H3,(H,29,33)(H,30,34). The van der Waals surface area contributed by atoms with Gasteiger partial charge in [0.1, 0.15) is 0 Å². The molecule has 34 heavy (non-hydrogen) atoms. The molecule has 0 saturated heterocycles. The van der Waals surface area contributed by atoms with E-state index in [1.807, 2.05) is 62.3 Å². The first-order valence-electron chi connectivity index (χ1n) is 10.5. The van der Waals surface area contributed by atoms with Gasteiger partial charge in [0.05, 0.1) is 12.4 Å². The zero-order valence-electron chi connectivity index (χ0n) is 19.6. The van der Waals surface area contributed by atoms with Gasteiger partial charge in [0, 0.05) is 74.2 Å². The monoisotopic (exact) mass is 457 g/mol. The van der Waals surface area contributed by atoms with Crippen molar-refractivity contribution in [1.29, 1.82) is 0 Å².